The average molecular weight is 302 g/mol. The molecule has 118 valence electrons. The van der Waals surface area contributed by atoms with Crippen LogP contribution in [0.4, 0.5) is 18.0 Å². The van der Waals surface area contributed by atoms with E-state index < -0.39 is 37.4 Å². The fraction of sp³-hybridized carbons (Fsp3) is 0.800. The number of aliphatic hydroxyl groups is 1. The van der Waals surface area contributed by atoms with Gasteiger partial charge in [0.15, 0.2) is 0 Å². The summed E-state index contributed by atoms with van der Waals surface area (Å²) in [6.45, 7) is -3.14. The van der Waals surface area contributed by atoms with Gasteiger partial charge in [0.2, 0.25) is 0 Å². The number of amides is 2. The Morgan fingerprint density at radius 1 is 1.35 bits per heavy atom. The number of carbonyl (C=O) groups excluding carboxylic acids is 1. The molecule has 7 nitrogen and oxygen atoms in total. The van der Waals surface area contributed by atoms with Gasteiger partial charge in [0.05, 0.1) is 19.3 Å². The van der Waals surface area contributed by atoms with Crippen LogP contribution in [-0.2, 0) is 9.53 Å². The molecule has 0 saturated heterocycles. The highest BCUT2D eigenvalue weighted by molar-refractivity contribution is 5.80. The van der Waals surface area contributed by atoms with E-state index >= 15 is 0 Å². The van der Waals surface area contributed by atoms with E-state index in [0.29, 0.717) is 0 Å². The standard InChI is InChI=1S/C10H17F3N2O5/c1-14(3-7(16)5-20-2)9(19)15(4-8(17)18)6-10(11,12)13/h7,16H,3-6H2,1-2H3,(H,17,18). The third kappa shape index (κ3) is 7.79. The lowest BCUT2D eigenvalue weighted by Crippen LogP contribution is -2.49. The van der Waals surface area contributed by atoms with E-state index in [4.69, 9.17) is 5.11 Å². The molecule has 0 heterocycles. The van der Waals surface area contributed by atoms with Gasteiger partial charge in [0.25, 0.3) is 0 Å². The molecule has 0 aromatic rings. The maximum absolute atomic E-state index is 12.3. The summed E-state index contributed by atoms with van der Waals surface area (Å²) >= 11 is 0. The summed E-state index contributed by atoms with van der Waals surface area (Å²) in [6, 6.07) is -1.14. The molecule has 0 radical (unpaired) electrons. The third-order valence-corrected chi connectivity index (χ3v) is 2.14. The molecule has 0 aliphatic heterocycles. The first-order chi connectivity index (χ1) is 9.06. The Labute approximate surface area is 113 Å². The topological polar surface area (TPSA) is 90.3 Å². The second-order valence-electron chi connectivity index (χ2n) is 4.14. The first kappa shape index (κ1) is 18.4. The highest BCUT2D eigenvalue weighted by atomic mass is 19.4. The van der Waals surface area contributed by atoms with Crippen LogP contribution in [0, 0.1) is 0 Å². The first-order valence-electron chi connectivity index (χ1n) is 5.52. The zero-order valence-electron chi connectivity index (χ0n) is 11.1. The van der Waals surface area contributed by atoms with Gasteiger partial charge >= 0.3 is 18.2 Å². The highest BCUT2D eigenvalue weighted by Gasteiger charge is 2.35. The number of rotatable bonds is 7. The van der Waals surface area contributed by atoms with Crippen LogP contribution in [0.5, 0.6) is 0 Å². The molecule has 0 aromatic carbocycles. The van der Waals surface area contributed by atoms with Crippen LogP contribution in [0.15, 0.2) is 0 Å². The minimum Gasteiger partial charge on any atom is -0.480 e. The Bertz CT molecular complexity index is 337. The molecule has 2 N–H and O–H groups in total. The number of carboxylic acid groups (broad SMARTS) is 1. The van der Waals surface area contributed by atoms with Crippen molar-refractivity contribution >= 4 is 12.0 Å². The van der Waals surface area contributed by atoms with Gasteiger partial charge in [0, 0.05) is 14.2 Å². The Balaban J connectivity index is 4.71. The third-order valence-electron chi connectivity index (χ3n) is 2.14. The van der Waals surface area contributed by atoms with Gasteiger partial charge in [-0.3, -0.25) is 4.79 Å². The molecule has 0 bridgehead atoms. The molecule has 0 aromatic heterocycles. The second kappa shape index (κ2) is 7.90. The normalized spacial score (nSPS) is 12.9. The summed E-state index contributed by atoms with van der Waals surface area (Å²) in [6.07, 6.45) is -5.79. The van der Waals surface area contributed by atoms with E-state index in [2.05, 4.69) is 4.74 Å². The lowest BCUT2D eigenvalue weighted by atomic mass is 10.3. The lowest BCUT2D eigenvalue weighted by molar-refractivity contribution is -0.149. The number of carbonyl (C=O) groups is 2. The monoisotopic (exact) mass is 302 g/mol. The number of hydrogen-bond donors (Lipinski definition) is 2. The number of alkyl halides is 3. The summed E-state index contributed by atoms with van der Waals surface area (Å²) in [5, 5.41) is 17.9. The maximum atomic E-state index is 12.3. The molecular formula is C10H17F3N2O5. The fourth-order valence-corrected chi connectivity index (χ4v) is 1.45. The van der Waals surface area contributed by atoms with Crippen molar-refractivity contribution in [1.82, 2.24) is 9.80 Å². The molecule has 0 spiro atoms. The number of carboxylic acids is 1. The maximum Gasteiger partial charge on any atom is 0.406 e. The van der Waals surface area contributed by atoms with E-state index in [-0.39, 0.29) is 18.1 Å². The van der Waals surface area contributed by atoms with E-state index in [1.807, 2.05) is 0 Å². The molecule has 0 fully saturated rings. The number of urea groups is 1. The molecule has 10 heteroatoms. The Morgan fingerprint density at radius 3 is 2.30 bits per heavy atom. The number of likely N-dealkylation sites (N-methyl/N-ethyl adjacent to an activating group) is 1. The van der Waals surface area contributed by atoms with Crippen LogP contribution >= 0.6 is 0 Å². The molecule has 0 aliphatic rings. The fourth-order valence-electron chi connectivity index (χ4n) is 1.45. The zero-order valence-corrected chi connectivity index (χ0v) is 11.1. The highest BCUT2D eigenvalue weighted by Crippen LogP contribution is 2.17. The van der Waals surface area contributed by atoms with Crippen LogP contribution in [0.2, 0.25) is 0 Å². The minimum absolute atomic E-state index is 0.101. The van der Waals surface area contributed by atoms with Crippen LogP contribution in [-0.4, -0.2) is 84.7 Å². The smallest absolute Gasteiger partial charge is 0.406 e. The predicted octanol–water partition coefficient (Wildman–Crippen LogP) is -0.00560. The summed E-state index contributed by atoms with van der Waals surface area (Å²) in [5.41, 5.74) is 0. The predicted molar refractivity (Wildman–Crippen MR) is 61.2 cm³/mol. The number of halogens is 3. The number of methoxy groups -OCH3 is 1. The van der Waals surface area contributed by atoms with Gasteiger partial charge in [0.1, 0.15) is 13.1 Å². The van der Waals surface area contributed by atoms with E-state index in [9.17, 15) is 27.9 Å². The van der Waals surface area contributed by atoms with Crippen molar-refractivity contribution in [2.75, 3.05) is 40.4 Å². The SMILES string of the molecule is COCC(O)CN(C)C(=O)N(CC(=O)O)CC(F)(F)F. The molecule has 1 atom stereocenters. The van der Waals surface area contributed by atoms with Crippen molar-refractivity contribution < 1.29 is 37.7 Å². The van der Waals surface area contributed by atoms with E-state index in [1.165, 1.54) is 7.11 Å². The molecule has 0 aliphatic carbocycles. The minimum atomic E-state index is -4.71. The number of hydrogen-bond acceptors (Lipinski definition) is 4. The Hall–Kier alpha value is -1.55. The van der Waals surface area contributed by atoms with Gasteiger partial charge in [-0.25, -0.2) is 4.79 Å². The van der Waals surface area contributed by atoms with Crippen molar-refractivity contribution in [1.29, 1.82) is 0 Å². The largest absolute Gasteiger partial charge is 0.480 e. The second-order valence-corrected chi connectivity index (χ2v) is 4.14. The number of ether oxygens (including phenoxy) is 1. The van der Waals surface area contributed by atoms with Crippen molar-refractivity contribution in [3.63, 3.8) is 0 Å². The summed E-state index contributed by atoms with van der Waals surface area (Å²) in [7, 11) is 2.47. The van der Waals surface area contributed by atoms with Crippen molar-refractivity contribution in [2.24, 2.45) is 0 Å². The Morgan fingerprint density at radius 2 is 1.90 bits per heavy atom. The van der Waals surface area contributed by atoms with Crippen LogP contribution in [0.25, 0.3) is 0 Å². The zero-order chi connectivity index (χ0) is 15.9. The van der Waals surface area contributed by atoms with Crippen molar-refractivity contribution in [3.8, 4) is 0 Å². The van der Waals surface area contributed by atoms with Gasteiger partial charge in [-0.2, -0.15) is 13.2 Å². The number of aliphatic carboxylic acids is 1. The first-order valence-corrected chi connectivity index (χ1v) is 5.52. The Kier molecular flexibility index (Phi) is 7.29. The molecule has 0 rings (SSSR count). The summed E-state index contributed by atoms with van der Waals surface area (Å²) in [5.74, 6) is -1.56. The van der Waals surface area contributed by atoms with Crippen molar-refractivity contribution in [3.05, 3.63) is 0 Å². The summed E-state index contributed by atoms with van der Waals surface area (Å²) in [4.78, 5) is 23.2. The van der Waals surface area contributed by atoms with E-state index in [1.54, 1.807) is 0 Å². The quantitative estimate of drug-likeness (QED) is 0.690. The summed E-state index contributed by atoms with van der Waals surface area (Å²) < 4.78 is 41.5. The van der Waals surface area contributed by atoms with Crippen molar-refractivity contribution in [2.45, 2.75) is 12.3 Å². The van der Waals surface area contributed by atoms with Crippen LogP contribution in [0.1, 0.15) is 0 Å². The molecule has 2 amide bonds. The van der Waals surface area contributed by atoms with E-state index in [0.717, 1.165) is 11.9 Å². The van der Waals surface area contributed by atoms with Crippen LogP contribution < -0.4 is 0 Å². The van der Waals surface area contributed by atoms with Gasteiger partial charge in [-0.05, 0) is 0 Å². The molecule has 1 unspecified atom stereocenters. The molecule has 0 saturated carbocycles. The lowest BCUT2D eigenvalue weighted by Gasteiger charge is -2.28. The number of aliphatic hydroxyl groups excluding tert-OH is 1. The van der Waals surface area contributed by atoms with Gasteiger partial charge in [-0.15, -0.1) is 0 Å². The molecule has 20 heavy (non-hydrogen) atoms. The van der Waals surface area contributed by atoms with Gasteiger partial charge < -0.3 is 24.7 Å². The number of nitrogens with zero attached hydrogens (tertiary/aromatic N) is 2. The molecular weight excluding hydrogens is 285 g/mol. The van der Waals surface area contributed by atoms with Gasteiger partial charge in [-0.1, -0.05) is 0 Å². The average Bonchev–Trinajstić information content (AvgIpc) is 2.24. The van der Waals surface area contributed by atoms with Crippen LogP contribution in [0.3, 0.4) is 0 Å².